The zero-order valence-electron chi connectivity index (χ0n) is 30.9. The third kappa shape index (κ3) is 5.30. The highest BCUT2D eigenvalue weighted by Gasteiger charge is 2.48. The van der Waals surface area contributed by atoms with Crippen molar-refractivity contribution in [2.45, 2.75) is 5.41 Å². The first kappa shape index (κ1) is 32.8. The van der Waals surface area contributed by atoms with E-state index < -0.39 is 5.41 Å². The van der Waals surface area contributed by atoms with E-state index in [0.29, 0.717) is 17.5 Å². The van der Waals surface area contributed by atoms with Crippen LogP contribution in [0.3, 0.4) is 0 Å². The Kier molecular flexibility index (Phi) is 7.68. The average Bonchev–Trinajstić information content (AvgIpc) is 3.61. The molecular formula is C53H34N4. The summed E-state index contributed by atoms with van der Waals surface area (Å²) in [4.78, 5) is 20.8. The first-order valence-electron chi connectivity index (χ1n) is 19.3. The highest BCUT2D eigenvalue weighted by Crippen LogP contribution is 2.59. The lowest BCUT2D eigenvalue weighted by molar-refractivity contribution is 0.775. The summed E-state index contributed by atoms with van der Waals surface area (Å²) in [6.45, 7) is 0. The van der Waals surface area contributed by atoms with Crippen LogP contribution in [-0.2, 0) is 5.41 Å². The van der Waals surface area contributed by atoms with E-state index >= 15 is 0 Å². The number of aromatic nitrogens is 4. The van der Waals surface area contributed by atoms with E-state index in [4.69, 9.17) is 19.9 Å². The molecule has 57 heavy (non-hydrogen) atoms. The topological polar surface area (TPSA) is 51.6 Å². The fourth-order valence-corrected chi connectivity index (χ4v) is 8.86. The number of fused-ring (bicyclic) bond motifs is 6. The Hall–Kier alpha value is -7.56. The van der Waals surface area contributed by atoms with Crippen LogP contribution in [0.2, 0.25) is 0 Å². The third-order valence-corrected chi connectivity index (χ3v) is 11.4. The lowest BCUT2D eigenvalue weighted by Crippen LogP contribution is -2.29. The van der Waals surface area contributed by atoms with Crippen molar-refractivity contribution in [3.8, 4) is 56.5 Å². The maximum atomic E-state index is 5.51. The summed E-state index contributed by atoms with van der Waals surface area (Å²) >= 11 is 0. The minimum atomic E-state index is -0.573. The summed E-state index contributed by atoms with van der Waals surface area (Å²) in [6.07, 6.45) is 0. The van der Waals surface area contributed by atoms with Crippen LogP contribution in [0.1, 0.15) is 22.3 Å². The molecule has 2 aromatic heterocycles. The quantitative estimate of drug-likeness (QED) is 0.171. The van der Waals surface area contributed by atoms with Gasteiger partial charge in [-0.1, -0.05) is 188 Å². The van der Waals surface area contributed by atoms with Gasteiger partial charge in [0.15, 0.2) is 17.5 Å². The molecule has 8 aromatic carbocycles. The van der Waals surface area contributed by atoms with E-state index in [1.807, 2.05) is 30.3 Å². The highest BCUT2D eigenvalue weighted by atomic mass is 15.0. The van der Waals surface area contributed by atoms with Gasteiger partial charge < -0.3 is 0 Å². The van der Waals surface area contributed by atoms with Crippen LogP contribution in [0, 0.1) is 0 Å². The van der Waals surface area contributed by atoms with E-state index in [1.54, 1.807) is 0 Å². The Labute approximate surface area is 330 Å². The molecule has 0 radical (unpaired) electrons. The number of rotatable bonds is 6. The zero-order chi connectivity index (χ0) is 37.8. The third-order valence-electron chi connectivity index (χ3n) is 11.4. The maximum Gasteiger partial charge on any atom is 0.164 e. The van der Waals surface area contributed by atoms with Gasteiger partial charge in [-0.25, -0.2) is 19.9 Å². The SMILES string of the molecule is c1ccc(-c2nc(-c3cccc(-c4nc5ccccc5c5c4-c4ccccc4C5(c4ccccc4)c4ccccc4)c3)nc(-c3ccc4ccccc4c3)n2)cc1. The second-order valence-electron chi connectivity index (χ2n) is 14.6. The Morgan fingerprint density at radius 3 is 1.63 bits per heavy atom. The van der Waals surface area contributed by atoms with Gasteiger partial charge in [-0.05, 0) is 56.8 Å². The first-order valence-corrected chi connectivity index (χ1v) is 19.3. The van der Waals surface area contributed by atoms with Crippen molar-refractivity contribution in [3.63, 3.8) is 0 Å². The molecule has 1 aliphatic rings. The zero-order valence-corrected chi connectivity index (χ0v) is 30.9. The van der Waals surface area contributed by atoms with Gasteiger partial charge in [-0.2, -0.15) is 0 Å². The van der Waals surface area contributed by atoms with E-state index in [0.717, 1.165) is 49.8 Å². The number of pyridine rings is 1. The number of para-hydroxylation sites is 1. The molecule has 266 valence electrons. The number of nitrogens with zero attached hydrogens (tertiary/aromatic N) is 4. The lowest BCUT2D eigenvalue weighted by Gasteiger charge is -2.34. The monoisotopic (exact) mass is 726 g/mol. The largest absolute Gasteiger partial charge is 0.247 e. The molecule has 1 aliphatic carbocycles. The second kappa shape index (κ2) is 13.3. The molecule has 0 aliphatic heterocycles. The highest BCUT2D eigenvalue weighted by molar-refractivity contribution is 6.04. The van der Waals surface area contributed by atoms with Crippen molar-refractivity contribution in [2.75, 3.05) is 0 Å². The average molecular weight is 727 g/mol. The van der Waals surface area contributed by atoms with Gasteiger partial charge in [0.25, 0.3) is 0 Å². The number of hydrogen-bond acceptors (Lipinski definition) is 4. The van der Waals surface area contributed by atoms with E-state index in [1.165, 1.54) is 33.2 Å². The van der Waals surface area contributed by atoms with Crippen LogP contribution in [-0.4, -0.2) is 19.9 Å². The van der Waals surface area contributed by atoms with E-state index in [-0.39, 0.29) is 0 Å². The summed E-state index contributed by atoms with van der Waals surface area (Å²) in [7, 11) is 0. The molecule has 11 rings (SSSR count). The molecule has 4 heteroatoms. The van der Waals surface area contributed by atoms with E-state index in [9.17, 15) is 0 Å². The molecule has 4 nitrogen and oxygen atoms in total. The normalized spacial score (nSPS) is 12.7. The number of benzene rings is 8. The minimum Gasteiger partial charge on any atom is -0.247 e. The Morgan fingerprint density at radius 2 is 0.895 bits per heavy atom. The summed E-state index contributed by atoms with van der Waals surface area (Å²) in [5, 5.41) is 3.45. The number of hydrogen-bond donors (Lipinski definition) is 0. The molecule has 0 atom stereocenters. The van der Waals surface area contributed by atoms with Gasteiger partial charge in [0.05, 0.1) is 16.6 Å². The van der Waals surface area contributed by atoms with Gasteiger partial charge in [-0.3, -0.25) is 0 Å². The molecule has 0 saturated heterocycles. The van der Waals surface area contributed by atoms with Gasteiger partial charge in [0.2, 0.25) is 0 Å². The predicted octanol–water partition coefficient (Wildman–Crippen LogP) is 12.6. The molecule has 0 unspecified atom stereocenters. The standard InChI is InChI=1S/C53H34N4/c1-4-18-36(19-5-1)50-55-51(57-52(56-50)40-32-31-35-17-10-11-20-37(35)33-40)39-22-16-21-38(34-39)49-47-43-27-12-14-29-45(43)53(41-23-6-2-7-24-41,42-25-8-3-9-26-42)48(47)44-28-13-15-30-46(44)54-49/h1-34H. The van der Waals surface area contributed by atoms with Gasteiger partial charge in [0, 0.05) is 33.2 Å². The van der Waals surface area contributed by atoms with Crippen LogP contribution >= 0.6 is 0 Å². The van der Waals surface area contributed by atoms with Crippen molar-refractivity contribution in [3.05, 3.63) is 229 Å². The smallest absolute Gasteiger partial charge is 0.164 e. The molecule has 2 heterocycles. The molecule has 10 aromatic rings. The van der Waals surface area contributed by atoms with Crippen LogP contribution in [0.4, 0.5) is 0 Å². The molecule has 0 bridgehead atoms. The molecule has 0 fully saturated rings. The van der Waals surface area contributed by atoms with Crippen LogP contribution < -0.4 is 0 Å². The lowest BCUT2D eigenvalue weighted by atomic mass is 9.67. The summed E-state index contributed by atoms with van der Waals surface area (Å²) in [5.74, 6) is 1.86. The predicted molar refractivity (Wildman–Crippen MR) is 232 cm³/mol. The first-order chi connectivity index (χ1) is 28.3. The van der Waals surface area contributed by atoms with Crippen molar-refractivity contribution in [2.24, 2.45) is 0 Å². The fraction of sp³-hybridized carbons (Fsp3) is 0.0189. The Morgan fingerprint density at radius 1 is 0.351 bits per heavy atom. The van der Waals surface area contributed by atoms with Gasteiger partial charge in [-0.15, -0.1) is 0 Å². The Balaban J connectivity index is 1.17. The van der Waals surface area contributed by atoms with Crippen molar-refractivity contribution >= 4 is 21.7 Å². The Bertz CT molecular complexity index is 3080. The minimum absolute atomic E-state index is 0.573. The van der Waals surface area contributed by atoms with Gasteiger partial charge in [0.1, 0.15) is 0 Å². The van der Waals surface area contributed by atoms with Crippen molar-refractivity contribution in [1.29, 1.82) is 0 Å². The fourth-order valence-electron chi connectivity index (χ4n) is 8.86. The summed E-state index contributed by atoms with van der Waals surface area (Å²) < 4.78 is 0. The van der Waals surface area contributed by atoms with Crippen molar-refractivity contribution < 1.29 is 0 Å². The molecule has 0 saturated carbocycles. The van der Waals surface area contributed by atoms with E-state index in [2.05, 4.69) is 176 Å². The molecular weight excluding hydrogens is 693 g/mol. The molecule has 0 N–H and O–H groups in total. The molecule has 0 amide bonds. The van der Waals surface area contributed by atoms with Crippen LogP contribution in [0.25, 0.3) is 78.2 Å². The summed E-state index contributed by atoms with van der Waals surface area (Å²) in [5.41, 5.74) is 12.3. The van der Waals surface area contributed by atoms with Gasteiger partial charge >= 0.3 is 0 Å². The molecule has 0 spiro atoms. The van der Waals surface area contributed by atoms with Crippen LogP contribution in [0.5, 0.6) is 0 Å². The summed E-state index contributed by atoms with van der Waals surface area (Å²) in [6, 6.07) is 72.8. The van der Waals surface area contributed by atoms with Crippen LogP contribution in [0.15, 0.2) is 206 Å². The second-order valence-corrected chi connectivity index (χ2v) is 14.6. The maximum absolute atomic E-state index is 5.51. The van der Waals surface area contributed by atoms with Crippen molar-refractivity contribution in [1.82, 2.24) is 19.9 Å².